The molecule has 6 nitrogen and oxygen atoms in total. The van der Waals surface area contributed by atoms with Crippen LogP contribution in [0.5, 0.6) is 0 Å². The largest absolute Gasteiger partial charge is 0.421 e. The quantitative estimate of drug-likeness (QED) is 0.449. The number of carbonyl (C=O) groups excluding carboxylic acids is 1. The van der Waals surface area contributed by atoms with Gasteiger partial charge in [0, 0.05) is 18.3 Å². The van der Waals surface area contributed by atoms with E-state index in [0.717, 1.165) is 5.56 Å². The molecule has 0 saturated carbocycles. The molecule has 1 aromatic heterocycles. The molecule has 1 atom stereocenters. The fourth-order valence-corrected chi connectivity index (χ4v) is 3.00. The molecule has 0 aliphatic carbocycles. The second kappa shape index (κ2) is 9.40. The zero-order valence-electron chi connectivity index (χ0n) is 15.8. The lowest BCUT2D eigenvalue weighted by molar-refractivity contribution is -0.137. The first-order chi connectivity index (χ1) is 14.6. The van der Waals surface area contributed by atoms with Gasteiger partial charge in [-0.15, -0.1) is 0 Å². The lowest BCUT2D eigenvalue weighted by Gasteiger charge is -2.20. The predicted octanol–water partition coefficient (Wildman–Crippen LogP) is 5.05. The molecule has 1 heterocycles. The fourth-order valence-electron chi connectivity index (χ4n) is 2.70. The molecule has 0 fully saturated rings. The average molecular weight is 470 g/mol. The summed E-state index contributed by atoms with van der Waals surface area (Å²) in [4.78, 5) is 19.5. The first kappa shape index (κ1) is 22.6. The molecule has 1 unspecified atom stereocenters. The van der Waals surface area contributed by atoms with Crippen LogP contribution in [0.2, 0.25) is 10.0 Å². The number of hydrogen-bond donors (Lipinski definition) is 3. The van der Waals surface area contributed by atoms with Crippen LogP contribution in [0.3, 0.4) is 0 Å². The second-order valence-corrected chi connectivity index (χ2v) is 7.31. The van der Waals surface area contributed by atoms with Crippen LogP contribution in [0.1, 0.15) is 11.1 Å². The molecule has 3 aromatic rings. The van der Waals surface area contributed by atoms with Crippen LogP contribution in [0.15, 0.2) is 54.7 Å². The highest BCUT2D eigenvalue weighted by Gasteiger charge is 2.36. The van der Waals surface area contributed by atoms with Crippen LogP contribution in [0, 0.1) is 0 Å². The Balaban J connectivity index is 1.92. The van der Waals surface area contributed by atoms with Crippen LogP contribution in [0.4, 0.5) is 30.6 Å². The van der Waals surface area contributed by atoms with E-state index in [-0.39, 0.29) is 17.4 Å². The number of primary amides is 1. The van der Waals surface area contributed by atoms with E-state index in [9.17, 15) is 18.0 Å². The Morgan fingerprint density at radius 3 is 2.42 bits per heavy atom. The highest BCUT2D eigenvalue weighted by atomic mass is 35.5. The molecule has 0 aliphatic rings. The van der Waals surface area contributed by atoms with Crippen molar-refractivity contribution >= 4 is 46.6 Å². The summed E-state index contributed by atoms with van der Waals surface area (Å²) in [5, 5.41) is 5.83. The number of aromatic nitrogens is 2. The van der Waals surface area contributed by atoms with Gasteiger partial charge in [0.25, 0.3) is 0 Å². The highest BCUT2D eigenvalue weighted by molar-refractivity contribution is 6.42. The van der Waals surface area contributed by atoms with E-state index in [1.54, 1.807) is 36.4 Å². The number of carbonyl (C=O) groups is 1. The highest BCUT2D eigenvalue weighted by Crippen LogP contribution is 2.35. The number of anilines is 3. The van der Waals surface area contributed by atoms with Crippen molar-refractivity contribution in [1.29, 1.82) is 0 Å². The molecule has 11 heteroatoms. The van der Waals surface area contributed by atoms with Gasteiger partial charge in [0.2, 0.25) is 11.9 Å². The van der Waals surface area contributed by atoms with Crippen LogP contribution >= 0.6 is 23.2 Å². The summed E-state index contributed by atoms with van der Waals surface area (Å²) in [7, 11) is 0. The van der Waals surface area contributed by atoms with Gasteiger partial charge in [0.1, 0.15) is 17.4 Å². The van der Waals surface area contributed by atoms with Gasteiger partial charge in [0.05, 0.1) is 10.0 Å². The minimum absolute atomic E-state index is 0.0764. The summed E-state index contributed by atoms with van der Waals surface area (Å²) in [6.07, 6.45) is -4.05. The van der Waals surface area contributed by atoms with Crippen LogP contribution in [-0.4, -0.2) is 21.9 Å². The number of hydrogen-bond acceptors (Lipinski definition) is 5. The van der Waals surface area contributed by atoms with E-state index in [1.165, 1.54) is 12.1 Å². The van der Waals surface area contributed by atoms with Gasteiger partial charge in [-0.1, -0.05) is 53.5 Å². The number of amides is 1. The van der Waals surface area contributed by atoms with Crippen LogP contribution < -0.4 is 16.4 Å². The van der Waals surface area contributed by atoms with Crippen molar-refractivity contribution in [3.63, 3.8) is 0 Å². The Bertz CT molecular complexity index is 1080. The first-order valence-corrected chi connectivity index (χ1v) is 9.65. The zero-order valence-corrected chi connectivity index (χ0v) is 17.3. The normalized spacial score (nSPS) is 12.3. The van der Waals surface area contributed by atoms with Crippen molar-refractivity contribution < 1.29 is 18.0 Å². The zero-order chi connectivity index (χ0) is 22.6. The van der Waals surface area contributed by atoms with Crippen molar-refractivity contribution in [2.24, 2.45) is 5.73 Å². The Hall–Kier alpha value is -3.04. The number of nitrogens with zero attached hydrogens (tertiary/aromatic N) is 2. The molecule has 2 aromatic carbocycles. The first-order valence-electron chi connectivity index (χ1n) is 8.89. The lowest BCUT2D eigenvalue weighted by Crippen LogP contribution is -2.38. The summed E-state index contributed by atoms with van der Waals surface area (Å²) in [5.41, 5.74) is 5.41. The van der Waals surface area contributed by atoms with E-state index in [0.29, 0.717) is 16.9 Å². The molecule has 0 aliphatic heterocycles. The third-order valence-electron chi connectivity index (χ3n) is 4.21. The third-order valence-corrected chi connectivity index (χ3v) is 4.95. The van der Waals surface area contributed by atoms with E-state index >= 15 is 0 Å². The molecule has 0 spiro atoms. The monoisotopic (exact) mass is 469 g/mol. The molecule has 4 N–H and O–H groups in total. The Morgan fingerprint density at radius 2 is 1.81 bits per heavy atom. The molecule has 1 amide bonds. The fraction of sp³-hybridized carbons (Fsp3) is 0.150. The van der Waals surface area contributed by atoms with Gasteiger partial charge in [-0.25, -0.2) is 4.98 Å². The third kappa shape index (κ3) is 5.99. The van der Waals surface area contributed by atoms with Crippen molar-refractivity contribution in [2.75, 3.05) is 10.6 Å². The number of nitrogens with two attached hydrogens (primary N) is 1. The Labute approximate surface area is 185 Å². The van der Waals surface area contributed by atoms with Gasteiger partial charge in [-0.2, -0.15) is 18.2 Å². The minimum atomic E-state index is -4.75. The number of alkyl halides is 3. The van der Waals surface area contributed by atoms with E-state index in [2.05, 4.69) is 20.6 Å². The maximum atomic E-state index is 13.5. The SMILES string of the molecule is NC(=O)C(Cc1ccccc1)Nc1nc(Nc2ccc(Cl)c(Cl)c2)ncc1C(F)(F)F. The number of halogens is 5. The van der Waals surface area contributed by atoms with E-state index in [1.807, 2.05) is 0 Å². The van der Waals surface area contributed by atoms with Crippen LogP contribution in [0.25, 0.3) is 0 Å². The van der Waals surface area contributed by atoms with Gasteiger partial charge < -0.3 is 16.4 Å². The standard InChI is InChI=1S/C20H16Cl2F3N5O/c21-14-7-6-12(9-15(14)22)28-19-27-10-13(20(23,24)25)18(30-19)29-16(17(26)31)8-11-4-2-1-3-5-11/h1-7,9-10,16H,8H2,(H2,26,31)(H2,27,28,29,30). The van der Waals surface area contributed by atoms with Crippen molar-refractivity contribution in [2.45, 2.75) is 18.6 Å². The summed E-state index contributed by atoms with van der Waals surface area (Å²) in [6, 6.07) is 12.2. The molecule has 162 valence electrons. The summed E-state index contributed by atoms with van der Waals surface area (Å²) in [6.45, 7) is 0. The van der Waals surface area contributed by atoms with Crippen molar-refractivity contribution in [3.05, 3.63) is 75.9 Å². The molecule has 0 radical (unpaired) electrons. The van der Waals surface area contributed by atoms with Gasteiger partial charge in [-0.05, 0) is 23.8 Å². The number of benzene rings is 2. The summed E-state index contributed by atoms with van der Waals surface area (Å²) in [5.74, 6) is -1.55. The molecule has 0 saturated heterocycles. The van der Waals surface area contributed by atoms with Gasteiger partial charge in [0.15, 0.2) is 0 Å². The predicted molar refractivity (Wildman–Crippen MR) is 114 cm³/mol. The number of nitrogens with one attached hydrogen (secondary N) is 2. The number of rotatable bonds is 7. The molecular formula is C20H16Cl2F3N5O. The van der Waals surface area contributed by atoms with Crippen molar-refractivity contribution in [3.8, 4) is 0 Å². The maximum absolute atomic E-state index is 13.5. The summed E-state index contributed by atoms with van der Waals surface area (Å²) < 4.78 is 40.5. The second-order valence-electron chi connectivity index (χ2n) is 6.50. The summed E-state index contributed by atoms with van der Waals surface area (Å²) >= 11 is 11.8. The minimum Gasteiger partial charge on any atom is -0.368 e. The maximum Gasteiger partial charge on any atom is 0.421 e. The Morgan fingerprint density at radius 1 is 1.10 bits per heavy atom. The van der Waals surface area contributed by atoms with Crippen molar-refractivity contribution in [1.82, 2.24) is 9.97 Å². The van der Waals surface area contributed by atoms with Gasteiger partial charge in [-0.3, -0.25) is 4.79 Å². The van der Waals surface area contributed by atoms with Crippen LogP contribution in [-0.2, 0) is 17.4 Å². The topological polar surface area (TPSA) is 92.9 Å². The van der Waals surface area contributed by atoms with E-state index < -0.39 is 29.5 Å². The average Bonchev–Trinajstić information content (AvgIpc) is 2.70. The molecule has 31 heavy (non-hydrogen) atoms. The van der Waals surface area contributed by atoms with Gasteiger partial charge >= 0.3 is 6.18 Å². The molecule has 0 bridgehead atoms. The van der Waals surface area contributed by atoms with E-state index in [4.69, 9.17) is 28.9 Å². The lowest BCUT2D eigenvalue weighted by atomic mass is 10.1. The Kier molecular flexibility index (Phi) is 6.87. The molecular weight excluding hydrogens is 454 g/mol. The smallest absolute Gasteiger partial charge is 0.368 e. The molecule has 3 rings (SSSR count).